The van der Waals surface area contributed by atoms with Gasteiger partial charge in [0.25, 0.3) is 0 Å². The molecule has 2 aliphatic rings. The summed E-state index contributed by atoms with van der Waals surface area (Å²) in [7, 11) is -3.20. The first kappa shape index (κ1) is 22.2. The van der Waals surface area contributed by atoms with Crippen LogP contribution in [0.25, 0.3) is 0 Å². The molecule has 2 heterocycles. The lowest BCUT2D eigenvalue weighted by molar-refractivity contribution is -0.117. The number of carbonyl (C=O) groups is 2. The van der Waals surface area contributed by atoms with E-state index in [4.69, 9.17) is 4.74 Å². The summed E-state index contributed by atoms with van der Waals surface area (Å²) >= 11 is 1.48. The lowest BCUT2D eigenvalue weighted by Gasteiger charge is -2.32. The third-order valence-corrected chi connectivity index (χ3v) is 7.88. The number of rotatable bonds is 6. The lowest BCUT2D eigenvalue weighted by Crippen LogP contribution is -2.50. The second kappa shape index (κ2) is 9.11. The molecule has 1 aromatic heterocycles. The molecule has 0 radical (unpaired) electrons. The largest absolute Gasteiger partial charge is 0.462 e. The summed E-state index contributed by atoms with van der Waals surface area (Å²) in [6.45, 7) is 6.19. The van der Waals surface area contributed by atoms with Crippen molar-refractivity contribution < 1.29 is 22.7 Å². The molecule has 1 aliphatic heterocycles. The minimum absolute atomic E-state index is 0.166. The van der Waals surface area contributed by atoms with E-state index in [2.05, 4.69) is 12.2 Å². The third kappa shape index (κ3) is 5.36. The Morgan fingerprint density at radius 3 is 2.55 bits per heavy atom. The Hall–Kier alpha value is -1.49. The molecule has 3 rings (SSSR count). The molecule has 0 bridgehead atoms. The van der Waals surface area contributed by atoms with Crippen molar-refractivity contribution in [1.82, 2.24) is 9.21 Å². The smallest absolute Gasteiger partial charge is 0.341 e. The minimum atomic E-state index is -3.20. The van der Waals surface area contributed by atoms with Crippen molar-refractivity contribution in [3.8, 4) is 0 Å². The van der Waals surface area contributed by atoms with Crippen LogP contribution in [0.1, 0.15) is 41.1 Å². The summed E-state index contributed by atoms with van der Waals surface area (Å²) in [6.07, 6.45) is 3.96. The molecule has 1 fully saturated rings. The molecular weight excluding hydrogens is 414 g/mol. The van der Waals surface area contributed by atoms with E-state index in [1.54, 1.807) is 6.92 Å². The molecule has 162 valence electrons. The highest BCUT2D eigenvalue weighted by molar-refractivity contribution is 7.88. The summed E-state index contributed by atoms with van der Waals surface area (Å²) in [5.41, 5.74) is 1.53. The second-order valence-electron chi connectivity index (χ2n) is 7.76. The van der Waals surface area contributed by atoms with Crippen LogP contribution in [0.15, 0.2) is 0 Å². The molecular formula is C19H29N3O5S2. The molecule has 1 atom stereocenters. The monoisotopic (exact) mass is 443 g/mol. The van der Waals surface area contributed by atoms with Gasteiger partial charge >= 0.3 is 5.97 Å². The maximum absolute atomic E-state index is 12.6. The highest BCUT2D eigenvalue weighted by Crippen LogP contribution is 2.40. The van der Waals surface area contributed by atoms with Gasteiger partial charge in [0.15, 0.2) is 0 Å². The van der Waals surface area contributed by atoms with Crippen molar-refractivity contribution in [2.75, 3.05) is 50.9 Å². The SMILES string of the molecule is CCOC(=O)c1c(NC(=O)CN2CCN(S(C)(=O)=O)CC2)sc2c1CCC(C)C2. The van der Waals surface area contributed by atoms with Crippen LogP contribution in [0.4, 0.5) is 5.00 Å². The summed E-state index contributed by atoms with van der Waals surface area (Å²) in [4.78, 5) is 28.3. The number of carbonyl (C=O) groups excluding carboxylic acids is 2. The molecule has 1 unspecified atom stereocenters. The van der Waals surface area contributed by atoms with Crippen LogP contribution in [0, 0.1) is 5.92 Å². The zero-order chi connectivity index (χ0) is 21.2. The van der Waals surface area contributed by atoms with Gasteiger partial charge in [-0.25, -0.2) is 13.2 Å². The number of nitrogens with zero attached hydrogens (tertiary/aromatic N) is 2. The number of fused-ring (bicyclic) bond motifs is 1. The molecule has 0 saturated carbocycles. The van der Waals surface area contributed by atoms with Gasteiger partial charge in [-0.15, -0.1) is 11.3 Å². The van der Waals surface area contributed by atoms with E-state index in [0.717, 1.165) is 29.7 Å². The summed E-state index contributed by atoms with van der Waals surface area (Å²) in [5.74, 6) is -0.0162. The van der Waals surface area contributed by atoms with Gasteiger partial charge in [0.05, 0.1) is 25.0 Å². The van der Waals surface area contributed by atoms with Crippen LogP contribution < -0.4 is 5.32 Å². The molecule has 10 heteroatoms. The number of ether oxygens (including phenoxy) is 1. The van der Waals surface area contributed by atoms with Gasteiger partial charge in [-0.3, -0.25) is 9.69 Å². The highest BCUT2D eigenvalue weighted by Gasteiger charge is 2.30. The molecule has 29 heavy (non-hydrogen) atoms. The van der Waals surface area contributed by atoms with Crippen molar-refractivity contribution in [2.24, 2.45) is 5.92 Å². The van der Waals surface area contributed by atoms with E-state index >= 15 is 0 Å². The Balaban J connectivity index is 1.68. The van der Waals surface area contributed by atoms with Crippen molar-refractivity contribution in [3.05, 3.63) is 16.0 Å². The molecule has 0 spiro atoms. The van der Waals surface area contributed by atoms with Crippen molar-refractivity contribution >= 4 is 38.2 Å². The van der Waals surface area contributed by atoms with E-state index in [1.165, 1.54) is 21.9 Å². The van der Waals surface area contributed by atoms with E-state index in [1.807, 2.05) is 4.90 Å². The number of sulfonamides is 1. The number of anilines is 1. The first-order valence-electron chi connectivity index (χ1n) is 9.98. The predicted molar refractivity (Wildman–Crippen MR) is 113 cm³/mol. The average molecular weight is 444 g/mol. The first-order chi connectivity index (χ1) is 13.7. The topological polar surface area (TPSA) is 96.0 Å². The lowest BCUT2D eigenvalue weighted by atomic mass is 9.88. The zero-order valence-electron chi connectivity index (χ0n) is 17.2. The van der Waals surface area contributed by atoms with E-state index in [-0.39, 0.29) is 25.0 Å². The third-order valence-electron chi connectivity index (χ3n) is 5.41. The Kier molecular flexibility index (Phi) is 6.98. The Morgan fingerprint density at radius 1 is 1.24 bits per heavy atom. The number of amides is 1. The summed E-state index contributed by atoms with van der Waals surface area (Å²) < 4.78 is 29.9. The number of thiophene rings is 1. The Morgan fingerprint density at radius 2 is 1.93 bits per heavy atom. The molecule has 1 aliphatic carbocycles. The summed E-state index contributed by atoms with van der Waals surface area (Å²) in [6, 6.07) is 0. The molecule has 1 aromatic rings. The maximum Gasteiger partial charge on any atom is 0.341 e. The van der Waals surface area contributed by atoms with Crippen molar-refractivity contribution in [3.63, 3.8) is 0 Å². The number of esters is 1. The van der Waals surface area contributed by atoms with Crippen LogP contribution in [-0.2, 0) is 32.4 Å². The molecule has 1 saturated heterocycles. The number of nitrogens with one attached hydrogen (secondary N) is 1. The van der Waals surface area contributed by atoms with Crippen LogP contribution >= 0.6 is 11.3 Å². The maximum atomic E-state index is 12.6. The van der Waals surface area contributed by atoms with Crippen molar-refractivity contribution in [2.45, 2.75) is 33.1 Å². The van der Waals surface area contributed by atoms with Gasteiger partial charge in [-0.05, 0) is 37.7 Å². The Labute approximate surface area is 176 Å². The number of hydrogen-bond donors (Lipinski definition) is 1. The Bertz CT molecular complexity index is 873. The molecule has 0 aromatic carbocycles. The predicted octanol–water partition coefficient (Wildman–Crippen LogP) is 1.57. The van der Waals surface area contributed by atoms with Crippen LogP contribution in [-0.4, -0.2) is 75.1 Å². The van der Waals surface area contributed by atoms with Gasteiger partial charge in [0.1, 0.15) is 5.00 Å². The van der Waals surface area contributed by atoms with Gasteiger partial charge in [0.2, 0.25) is 15.9 Å². The van der Waals surface area contributed by atoms with E-state index in [0.29, 0.717) is 42.7 Å². The molecule has 1 amide bonds. The summed E-state index contributed by atoms with van der Waals surface area (Å²) in [5, 5.41) is 3.49. The normalized spacial score (nSPS) is 20.9. The molecule has 8 nitrogen and oxygen atoms in total. The quantitative estimate of drug-likeness (QED) is 0.671. The van der Waals surface area contributed by atoms with Crippen molar-refractivity contribution in [1.29, 1.82) is 0 Å². The van der Waals surface area contributed by atoms with Gasteiger partial charge in [-0.1, -0.05) is 6.92 Å². The fourth-order valence-electron chi connectivity index (χ4n) is 3.85. The van der Waals surface area contributed by atoms with Gasteiger partial charge in [-0.2, -0.15) is 4.31 Å². The van der Waals surface area contributed by atoms with E-state index in [9.17, 15) is 18.0 Å². The standard InChI is InChI=1S/C19H29N3O5S2/c1-4-27-19(24)17-14-6-5-13(2)11-15(14)28-18(17)20-16(23)12-21-7-9-22(10-8-21)29(3,25)26/h13H,4-12H2,1-3H3,(H,20,23). The fraction of sp³-hybridized carbons (Fsp3) is 0.684. The van der Waals surface area contributed by atoms with Crippen LogP contribution in [0.5, 0.6) is 0 Å². The fourth-order valence-corrected chi connectivity index (χ4v) is 6.09. The second-order valence-corrected chi connectivity index (χ2v) is 10.9. The molecule has 1 N–H and O–H groups in total. The zero-order valence-corrected chi connectivity index (χ0v) is 18.8. The van der Waals surface area contributed by atoms with Gasteiger partial charge in [0, 0.05) is 31.1 Å². The average Bonchev–Trinajstić information content (AvgIpc) is 2.98. The van der Waals surface area contributed by atoms with Crippen LogP contribution in [0.3, 0.4) is 0 Å². The highest BCUT2D eigenvalue weighted by atomic mass is 32.2. The number of piperazine rings is 1. The van der Waals surface area contributed by atoms with Gasteiger partial charge < -0.3 is 10.1 Å². The first-order valence-corrected chi connectivity index (χ1v) is 12.6. The van der Waals surface area contributed by atoms with E-state index < -0.39 is 10.0 Å². The number of hydrogen-bond acceptors (Lipinski definition) is 7. The minimum Gasteiger partial charge on any atom is -0.462 e. The van der Waals surface area contributed by atoms with Crippen LogP contribution in [0.2, 0.25) is 0 Å².